The summed E-state index contributed by atoms with van der Waals surface area (Å²) in [6, 6.07) is 1.86. The number of aromatic nitrogens is 2. The lowest BCUT2D eigenvalue weighted by atomic mass is 10.3. The first-order valence-corrected chi connectivity index (χ1v) is 4.88. The molecule has 0 amide bonds. The van der Waals surface area contributed by atoms with E-state index in [1.807, 2.05) is 13.0 Å². The van der Waals surface area contributed by atoms with Gasteiger partial charge in [-0.3, -0.25) is 0 Å². The topological polar surface area (TPSA) is 78.1 Å². The van der Waals surface area contributed by atoms with Gasteiger partial charge in [0.05, 0.1) is 6.26 Å². The zero-order valence-corrected chi connectivity index (χ0v) is 8.56. The molecule has 0 aliphatic rings. The lowest BCUT2D eigenvalue weighted by molar-refractivity contribution is 0.408. The number of hydrogen-bond acceptors (Lipinski definition) is 5. The highest BCUT2D eigenvalue weighted by Gasteiger charge is 2.13. The summed E-state index contributed by atoms with van der Waals surface area (Å²) in [7, 11) is 0. The third kappa shape index (κ3) is 2.07. The molecule has 5 nitrogen and oxygen atoms in total. The smallest absolute Gasteiger partial charge is 0.293 e. The molecule has 0 saturated heterocycles. The van der Waals surface area contributed by atoms with Crippen LogP contribution in [0.15, 0.2) is 21.3 Å². The Bertz CT molecular complexity index is 433. The monoisotopic (exact) mass is 207 g/mol. The van der Waals surface area contributed by atoms with Crippen molar-refractivity contribution in [1.29, 1.82) is 0 Å². The van der Waals surface area contributed by atoms with Crippen LogP contribution in [-0.4, -0.2) is 16.7 Å². The highest BCUT2D eigenvalue weighted by atomic mass is 16.5. The summed E-state index contributed by atoms with van der Waals surface area (Å²) in [6.45, 7) is 2.56. The van der Waals surface area contributed by atoms with Gasteiger partial charge >= 0.3 is 0 Å². The molecule has 2 rings (SSSR count). The summed E-state index contributed by atoms with van der Waals surface area (Å²) in [6.07, 6.45) is 3.20. The Labute approximate surface area is 87.3 Å². The molecule has 0 bridgehead atoms. The number of furan rings is 1. The van der Waals surface area contributed by atoms with Crippen molar-refractivity contribution in [3.05, 3.63) is 23.7 Å². The number of nitrogens with zero attached hydrogens (tertiary/aromatic N) is 2. The van der Waals surface area contributed by atoms with Crippen molar-refractivity contribution < 1.29 is 8.94 Å². The van der Waals surface area contributed by atoms with Crippen LogP contribution in [0.3, 0.4) is 0 Å². The molecular formula is C10H13N3O2. The maximum atomic E-state index is 5.40. The molecular weight excluding hydrogens is 194 g/mol. The fourth-order valence-electron chi connectivity index (χ4n) is 1.30. The molecule has 2 N–H and O–H groups in total. The van der Waals surface area contributed by atoms with Crippen LogP contribution in [0.5, 0.6) is 0 Å². The standard InChI is InChI=1S/C10H13N3O2/c1-7-4-6-14-9(7)10-12-8(13-15-10)3-2-5-11/h4,6H,2-3,5,11H2,1H3. The Kier molecular flexibility index (Phi) is 2.82. The SMILES string of the molecule is Cc1ccoc1-c1nc(CCCN)no1. The Balaban J connectivity index is 2.17. The third-order valence-corrected chi connectivity index (χ3v) is 2.13. The van der Waals surface area contributed by atoms with Crippen molar-refractivity contribution in [1.82, 2.24) is 10.1 Å². The molecule has 2 aromatic heterocycles. The molecule has 5 heteroatoms. The Morgan fingerprint density at radius 3 is 3.00 bits per heavy atom. The highest BCUT2D eigenvalue weighted by Crippen LogP contribution is 2.22. The minimum atomic E-state index is 0.435. The molecule has 0 fully saturated rings. The van der Waals surface area contributed by atoms with Crippen LogP contribution in [0.4, 0.5) is 0 Å². The van der Waals surface area contributed by atoms with Gasteiger partial charge in [-0.2, -0.15) is 4.98 Å². The Hall–Kier alpha value is -1.62. The van der Waals surface area contributed by atoms with Crippen molar-refractivity contribution >= 4 is 0 Å². The number of aryl methyl sites for hydroxylation is 2. The van der Waals surface area contributed by atoms with Crippen molar-refractivity contribution in [3.8, 4) is 11.7 Å². The molecule has 0 atom stereocenters. The van der Waals surface area contributed by atoms with E-state index in [4.69, 9.17) is 14.7 Å². The van der Waals surface area contributed by atoms with E-state index in [2.05, 4.69) is 10.1 Å². The zero-order valence-electron chi connectivity index (χ0n) is 8.56. The largest absolute Gasteiger partial charge is 0.459 e. The van der Waals surface area contributed by atoms with E-state index in [0.717, 1.165) is 18.4 Å². The molecule has 0 unspecified atom stereocenters. The average molecular weight is 207 g/mol. The Morgan fingerprint density at radius 2 is 2.33 bits per heavy atom. The van der Waals surface area contributed by atoms with Gasteiger partial charge in [-0.25, -0.2) is 0 Å². The molecule has 15 heavy (non-hydrogen) atoms. The molecule has 0 aromatic carbocycles. The lowest BCUT2D eigenvalue weighted by Crippen LogP contribution is -2.01. The minimum absolute atomic E-state index is 0.435. The van der Waals surface area contributed by atoms with Crippen molar-refractivity contribution in [2.45, 2.75) is 19.8 Å². The van der Waals surface area contributed by atoms with Gasteiger partial charge in [-0.15, -0.1) is 0 Å². The second-order valence-electron chi connectivity index (χ2n) is 3.34. The van der Waals surface area contributed by atoms with Crippen LogP contribution in [0.2, 0.25) is 0 Å². The summed E-state index contributed by atoms with van der Waals surface area (Å²) in [5, 5.41) is 3.85. The van der Waals surface area contributed by atoms with E-state index in [-0.39, 0.29) is 0 Å². The zero-order chi connectivity index (χ0) is 10.7. The van der Waals surface area contributed by atoms with Gasteiger partial charge in [-0.1, -0.05) is 5.16 Å². The fourth-order valence-corrected chi connectivity index (χ4v) is 1.30. The second kappa shape index (κ2) is 4.27. The Morgan fingerprint density at radius 1 is 1.47 bits per heavy atom. The van der Waals surface area contributed by atoms with E-state index in [1.54, 1.807) is 6.26 Å². The van der Waals surface area contributed by atoms with Gasteiger partial charge in [0.1, 0.15) is 0 Å². The van der Waals surface area contributed by atoms with Crippen LogP contribution in [0, 0.1) is 6.92 Å². The molecule has 80 valence electrons. The van der Waals surface area contributed by atoms with Crippen LogP contribution >= 0.6 is 0 Å². The highest BCUT2D eigenvalue weighted by molar-refractivity contribution is 5.49. The van der Waals surface area contributed by atoms with Crippen LogP contribution in [-0.2, 0) is 6.42 Å². The number of nitrogens with two attached hydrogens (primary N) is 1. The number of hydrogen-bond donors (Lipinski definition) is 1. The maximum absolute atomic E-state index is 5.40. The molecule has 0 spiro atoms. The van der Waals surface area contributed by atoms with Crippen molar-refractivity contribution in [2.24, 2.45) is 5.73 Å². The summed E-state index contributed by atoms with van der Waals surface area (Å²) in [5.41, 5.74) is 6.39. The summed E-state index contributed by atoms with van der Waals surface area (Å²) in [5.74, 6) is 1.75. The van der Waals surface area contributed by atoms with E-state index in [1.165, 1.54) is 0 Å². The fraction of sp³-hybridized carbons (Fsp3) is 0.400. The second-order valence-corrected chi connectivity index (χ2v) is 3.34. The molecule has 0 radical (unpaired) electrons. The molecule has 2 aromatic rings. The van der Waals surface area contributed by atoms with Crippen LogP contribution in [0.1, 0.15) is 17.8 Å². The predicted molar refractivity (Wildman–Crippen MR) is 54.1 cm³/mol. The van der Waals surface area contributed by atoms with Crippen molar-refractivity contribution in [2.75, 3.05) is 6.54 Å². The number of rotatable bonds is 4. The lowest BCUT2D eigenvalue weighted by Gasteiger charge is -1.89. The molecule has 0 saturated carbocycles. The van der Waals surface area contributed by atoms with Gasteiger partial charge < -0.3 is 14.7 Å². The van der Waals surface area contributed by atoms with E-state index < -0.39 is 0 Å². The summed E-state index contributed by atoms with van der Waals surface area (Å²) < 4.78 is 10.3. The maximum Gasteiger partial charge on any atom is 0.293 e. The summed E-state index contributed by atoms with van der Waals surface area (Å²) in [4.78, 5) is 4.22. The first-order chi connectivity index (χ1) is 7.31. The molecule has 2 heterocycles. The summed E-state index contributed by atoms with van der Waals surface area (Å²) >= 11 is 0. The van der Waals surface area contributed by atoms with Crippen LogP contribution < -0.4 is 5.73 Å². The van der Waals surface area contributed by atoms with Gasteiger partial charge in [0, 0.05) is 12.0 Å². The van der Waals surface area contributed by atoms with Gasteiger partial charge in [0.25, 0.3) is 5.89 Å². The first kappa shape index (κ1) is 9.92. The third-order valence-electron chi connectivity index (χ3n) is 2.13. The average Bonchev–Trinajstić information content (AvgIpc) is 2.83. The first-order valence-electron chi connectivity index (χ1n) is 4.88. The molecule has 0 aliphatic heterocycles. The van der Waals surface area contributed by atoms with Gasteiger partial charge in [-0.05, 0) is 26.0 Å². The minimum Gasteiger partial charge on any atom is -0.459 e. The van der Waals surface area contributed by atoms with E-state index >= 15 is 0 Å². The van der Waals surface area contributed by atoms with Crippen LogP contribution in [0.25, 0.3) is 11.7 Å². The van der Waals surface area contributed by atoms with Gasteiger partial charge in [0.15, 0.2) is 11.6 Å². The molecule has 0 aliphatic carbocycles. The van der Waals surface area contributed by atoms with Gasteiger partial charge in [0.2, 0.25) is 0 Å². The quantitative estimate of drug-likeness (QED) is 0.822. The van der Waals surface area contributed by atoms with Crippen molar-refractivity contribution in [3.63, 3.8) is 0 Å². The van der Waals surface area contributed by atoms with E-state index in [9.17, 15) is 0 Å². The normalized spacial score (nSPS) is 10.8. The predicted octanol–water partition coefficient (Wildman–Crippen LogP) is 1.53. The van der Waals surface area contributed by atoms with E-state index in [0.29, 0.717) is 24.0 Å².